The second kappa shape index (κ2) is 18.3. The number of carbonyl (C=O) groups is 2. The van der Waals surface area contributed by atoms with Crippen molar-refractivity contribution in [2.75, 3.05) is 26.9 Å². The molecular formula is C41H73F3O9Si3. The zero-order valence-corrected chi connectivity index (χ0v) is 40.5. The lowest BCUT2D eigenvalue weighted by Crippen LogP contribution is -2.58. The summed E-state index contributed by atoms with van der Waals surface area (Å²) in [5.41, 5.74) is -0.0928. The Hall–Kier alpha value is -1.60. The molecule has 1 unspecified atom stereocenters. The number of hydrogen-bond acceptors (Lipinski definition) is 9. The smallest absolute Gasteiger partial charge is 0.490 e. The standard InChI is InChI=1S/C41H73F3O9Si3/c1-28(24-48-25-29-19-21-31(47-12)22-20-29)34-40(11,52-34)35(53-56(17,18)39(8,9)10)32(27-50-55(15,16)38(5,6)7)33(51-36(46)41(42,43)44)30(23-45)26-49-54(13,14)37(2,3)4/h19-23,28,30,32-35H,24-27H2,1-18H3/t28-,30-,32-,33+,34+,35-,40?/m0/s1. The van der Waals surface area contributed by atoms with Crippen LogP contribution in [0.25, 0.3) is 0 Å². The van der Waals surface area contributed by atoms with Crippen molar-refractivity contribution in [3.8, 4) is 5.75 Å². The van der Waals surface area contributed by atoms with Gasteiger partial charge >= 0.3 is 12.1 Å². The number of aldehydes is 1. The molecular weight excluding hydrogens is 778 g/mol. The monoisotopic (exact) mass is 850 g/mol. The van der Waals surface area contributed by atoms with Gasteiger partial charge in [-0.25, -0.2) is 4.79 Å². The Morgan fingerprint density at radius 3 is 1.73 bits per heavy atom. The average Bonchev–Trinajstić information content (AvgIpc) is 3.74. The molecule has 1 aromatic rings. The van der Waals surface area contributed by atoms with Crippen molar-refractivity contribution in [1.29, 1.82) is 0 Å². The first kappa shape index (κ1) is 50.5. The molecule has 1 fully saturated rings. The molecule has 7 atom stereocenters. The lowest BCUT2D eigenvalue weighted by atomic mass is 9.80. The van der Waals surface area contributed by atoms with E-state index in [1.54, 1.807) is 7.11 Å². The molecule has 9 nitrogen and oxygen atoms in total. The highest BCUT2D eigenvalue weighted by Gasteiger charge is 2.65. The van der Waals surface area contributed by atoms with Crippen LogP contribution in [0.4, 0.5) is 13.2 Å². The van der Waals surface area contributed by atoms with Gasteiger partial charge in [-0.2, -0.15) is 13.2 Å². The van der Waals surface area contributed by atoms with E-state index in [-0.39, 0.29) is 34.2 Å². The Morgan fingerprint density at radius 2 is 1.30 bits per heavy atom. The van der Waals surface area contributed by atoms with E-state index in [1.807, 2.05) is 85.1 Å². The maximum absolute atomic E-state index is 14.1. The fourth-order valence-electron chi connectivity index (χ4n) is 5.74. The summed E-state index contributed by atoms with van der Waals surface area (Å²) in [5, 5.41) is -0.845. The van der Waals surface area contributed by atoms with Gasteiger partial charge in [0.05, 0.1) is 38.4 Å². The highest BCUT2D eigenvalue weighted by atomic mass is 28.4. The van der Waals surface area contributed by atoms with E-state index in [2.05, 4.69) is 54.6 Å². The molecule has 1 saturated heterocycles. The van der Waals surface area contributed by atoms with E-state index in [9.17, 15) is 22.8 Å². The summed E-state index contributed by atoms with van der Waals surface area (Å²) in [5.74, 6) is -4.12. The molecule has 0 N–H and O–H groups in total. The van der Waals surface area contributed by atoms with Crippen molar-refractivity contribution in [2.45, 2.75) is 167 Å². The average molecular weight is 851 g/mol. The number of ether oxygens (including phenoxy) is 4. The summed E-state index contributed by atoms with van der Waals surface area (Å²) in [6, 6.07) is 7.59. The van der Waals surface area contributed by atoms with E-state index in [0.29, 0.717) is 19.5 Å². The van der Waals surface area contributed by atoms with Crippen molar-refractivity contribution < 1.29 is 55.0 Å². The third-order valence-corrected chi connectivity index (χ3v) is 26.2. The second-order valence-electron chi connectivity index (χ2n) is 20.3. The molecule has 0 bridgehead atoms. The van der Waals surface area contributed by atoms with E-state index in [4.69, 9.17) is 32.2 Å². The van der Waals surface area contributed by atoms with Crippen LogP contribution in [0.1, 0.15) is 81.7 Å². The molecule has 0 amide bonds. The van der Waals surface area contributed by atoms with Crippen LogP contribution in [0.2, 0.25) is 54.4 Å². The highest BCUT2D eigenvalue weighted by molar-refractivity contribution is 6.75. The molecule has 1 heterocycles. The number of hydrogen-bond donors (Lipinski definition) is 0. The Bertz CT molecular complexity index is 1430. The summed E-state index contributed by atoms with van der Waals surface area (Å²) in [7, 11) is -6.21. The molecule has 56 heavy (non-hydrogen) atoms. The summed E-state index contributed by atoms with van der Waals surface area (Å²) in [6.07, 6.45) is -7.75. The van der Waals surface area contributed by atoms with Crippen LogP contribution in [0.3, 0.4) is 0 Å². The number of alkyl halides is 3. The Kier molecular flexibility index (Phi) is 16.6. The molecule has 2 rings (SSSR count). The summed E-state index contributed by atoms with van der Waals surface area (Å²) >= 11 is 0. The van der Waals surface area contributed by atoms with Crippen LogP contribution in [-0.2, 0) is 43.7 Å². The lowest BCUT2D eigenvalue weighted by Gasteiger charge is -2.46. The van der Waals surface area contributed by atoms with Gasteiger partial charge in [0.15, 0.2) is 25.0 Å². The number of methoxy groups -OCH3 is 1. The van der Waals surface area contributed by atoms with Crippen LogP contribution in [0, 0.1) is 17.8 Å². The van der Waals surface area contributed by atoms with Crippen molar-refractivity contribution in [3.63, 3.8) is 0 Å². The zero-order chi connectivity index (χ0) is 43.5. The minimum Gasteiger partial charge on any atom is -0.497 e. The molecule has 15 heteroatoms. The van der Waals surface area contributed by atoms with E-state index < -0.39 is 72.8 Å². The normalized spacial score (nSPS) is 21.5. The van der Waals surface area contributed by atoms with Gasteiger partial charge in [0.2, 0.25) is 0 Å². The number of esters is 1. The van der Waals surface area contributed by atoms with Crippen LogP contribution in [0.5, 0.6) is 5.75 Å². The first-order valence-electron chi connectivity index (χ1n) is 19.7. The predicted octanol–water partition coefficient (Wildman–Crippen LogP) is 10.3. The van der Waals surface area contributed by atoms with E-state index in [1.165, 1.54) is 0 Å². The van der Waals surface area contributed by atoms with Crippen molar-refractivity contribution in [3.05, 3.63) is 29.8 Å². The molecule has 0 aliphatic carbocycles. The number of benzene rings is 1. The predicted molar refractivity (Wildman–Crippen MR) is 222 cm³/mol. The van der Waals surface area contributed by atoms with Gasteiger partial charge in [-0.3, -0.25) is 0 Å². The molecule has 0 aromatic heterocycles. The van der Waals surface area contributed by atoms with Crippen LogP contribution in [-0.4, -0.2) is 94.2 Å². The molecule has 0 saturated carbocycles. The molecule has 1 aliphatic heterocycles. The molecule has 1 aromatic carbocycles. The van der Waals surface area contributed by atoms with Crippen molar-refractivity contribution >= 4 is 37.2 Å². The van der Waals surface area contributed by atoms with Crippen molar-refractivity contribution in [2.24, 2.45) is 17.8 Å². The van der Waals surface area contributed by atoms with Crippen molar-refractivity contribution in [1.82, 2.24) is 0 Å². The Morgan fingerprint density at radius 1 is 0.821 bits per heavy atom. The number of epoxide rings is 1. The Balaban J connectivity index is 2.74. The SMILES string of the molecule is COc1ccc(COC[C@H](C)[C@H]2OC2(C)[C@@H](O[Si](C)(C)C(C)(C)C)[C@@H](CO[Si](C)(C)C(C)(C)C)[C@H](OC(=O)C(F)(F)F)[C@@H](C=O)CO[Si](C)(C)C(C)(C)C)cc1. The van der Waals surface area contributed by atoms with Gasteiger partial charge < -0.3 is 37.0 Å². The fraction of sp³-hybridized carbons (Fsp3) is 0.805. The topological polar surface area (TPSA) is 102 Å². The molecule has 0 spiro atoms. The first-order chi connectivity index (χ1) is 25.1. The summed E-state index contributed by atoms with van der Waals surface area (Å²) in [6.45, 7) is 34.9. The lowest BCUT2D eigenvalue weighted by molar-refractivity contribution is -0.213. The zero-order valence-electron chi connectivity index (χ0n) is 37.5. The molecule has 324 valence electrons. The number of carbonyl (C=O) groups excluding carboxylic acids is 2. The Labute approximate surface area is 338 Å². The minimum atomic E-state index is -5.31. The number of rotatable bonds is 20. The third kappa shape index (κ3) is 12.9. The molecule has 0 radical (unpaired) electrons. The van der Waals surface area contributed by atoms with Gasteiger partial charge in [-0.05, 0) is 79.0 Å². The van der Waals surface area contributed by atoms with Gasteiger partial charge in [0.1, 0.15) is 23.7 Å². The van der Waals surface area contributed by atoms with E-state index in [0.717, 1.165) is 11.3 Å². The van der Waals surface area contributed by atoms with Crippen LogP contribution in [0.15, 0.2) is 24.3 Å². The van der Waals surface area contributed by atoms with E-state index >= 15 is 0 Å². The highest BCUT2D eigenvalue weighted by Crippen LogP contribution is 2.52. The molecule has 1 aliphatic rings. The largest absolute Gasteiger partial charge is 0.497 e. The first-order valence-corrected chi connectivity index (χ1v) is 28.4. The van der Waals surface area contributed by atoms with Gasteiger partial charge in [0.25, 0.3) is 0 Å². The maximum Gasteiger partial charge on any atom is 0.490 e. The summed E-state index contributed by atoms with van der Waals surface area (Å²) in [4.78, 5) is 26.0. The van der Waals surface area contributed by atoms with Crippen LogP contribution >= 0.6 is 0 Å². The quantitative estimate of drug-likeness (QED) is 0.0549. The minimum absolute atomic E-state index is 0.135. The third-order valence-electron chi connectivity index (χ3n) is 12.8. The second-order valence-corrected chi connectivity index (χ2v) is 34.7. The van der Waals surface area contributed by atoms with Crippen LogP contribution < -0.4 is 4.74 Å². The van der Waals surface area contributed by atoms with Gasteiger partial charge in [-0.15, -0.1) is 0 Å². The van der Waals surface area contributed by atoms with Gasteiger partial charge in [0, 0.05) is 25.0 Å². The summed E-state index contributed by atoms with van der Waals surface area (Å²) < 4.78 is 86.4. The number of halogens is 3. The van der Waals surface area contributed by atoms with Gasteiger partial charge in [-0.1, -0.05) is 81.4 Å². The maximum atomic E-state index is 14.1. The fourth-order valence-corrected chi connectivity index (χ4v) is 9.22.